The number of benzene rings is 2. The van der Waals surface area contributed by atoms with Crippen LogP contribution in [0.3, 0.4) is 0 Å². The van der Waals surface area contributed by atoms with Gasteiger partial charge in [0.05, 0.1) is 0 Å². The topological polar surface area (TPSA) is 61.4 Å². The Morgan fingerprint density at radius 2 is 1.48 bits per heavy atom. The first-order valence-corrected chi connectivity index (χ1v) is 7.77. The molecule has 5 nitrogen and oxygen atoms in total. The summed E-state index contributed by atoms with van der Waals surface area (Å²) in [6.07, 6.45) is 0. The van der Waals surface area contributed by atoms with Crippen molar-refractivity contribution >= 4 is 24.8 Å². The van der Waals surface area contributed by atoms with Crippen LogP contribution in [0.5, 0.6) is 0 Å². The van der Waals surface area contributed by atoms with Crippen LogP contribution in [0.2, 0.25) is 0 Å². The minimum atomic E-state index is -1.18. The summed E-state index contributed by atoms with van der Waals surface area (Å²) in [5, 5.41) is 2.89. The van der Waals surface area contributed by atoms with E-state index in [1.165, 1.54) is 4.90 Å². The molecule has 0 bridgehead atoms. The molecule has 0 saturated carbocycles. The van der Waals surface area contributed by atoms with E-state index in [-0.39, 0.29) is 12.5 Å². The van der Waals surface area contributed by atoms with E-state index in [4.69, 9.17) is 0 Å². The number of hydrogen-bond acceptors (Lipinski definition) is 4. The molecule has 0 aromatic heterocycles. The Morgan fingerprint density at radius 3 is 1.96 bits per heavy atom. The summed E-state index contributed by atoms with van der Waals surface area (Å²) in [6.45, 7) is 0.678. The fourth-order valence-corrected chi connectivity index (χ4v) is 2.98. The number of rotatable bonds is 5. The van der Waals surface area contributed by atoms with E-state index < -0.39 is 11.6 Å². The third-order valence-corrected chi connectivity index (χ3v) is 4.19. The van der Waals surface area contributed by atoms with Crippen molar-refractivity contribution in [2.24, 2.45) is 0 Å². The van der Waals surface area contributed by atoms with Crippen molar-refractivity contribution in [1.82, 2.24) is 14.9 Å². The highest BCUT2D eigenvalue weighted by molar-refractivity contribution is 7.78. The lowest BCUT2D eigenvalue weighted by Crippen LogP contribution is -2.45. The van der Waals surface area contributed by atoms with E-state index in [1.54, 1.807) is 0 Å². The van der Waals surface area contributed by atoms with Crippen molar-refractivity contribution < 1.29 is 9.59 Å². The molecule has 2 aromatic carbocycles. The number of urea groups is 1. The van der Waals surface area contributed by atoms with Crippen molar-refractivity contribution in [1.29, 1.82) is 0 Å². The second kappa shape index (κ2) is 6.44. The number of nitrogens with zero attached hydrogens (tertiary/aromatic N) is 1. The number of hydrogen-bond donors (Lipinski definition) is 3. The summed E-state index contributed by atoms with van der Waals surface area (Å²) >= 11 is 3.92. The van der Waals surface area contributed by atoms with E-state index >= 15 is 0 Å². The number of carbonyl (C=O) groups is 2. The molecule has 2 aromatic rings. The summed E-state index contributed by atoms with van der Waals surface area (Å²) in [7, 11) is 0. The highest BCUT2D eigenvalue weighted by Crippen LogP contribution is 2.35. The fraction of sp³-hybridized carbons (Fsp3) is 0.176. The van der Waals surface area contributed by atoms with Gasteiger partial charge in [0.15, 0.2) is 5.54 Å². The summed E-state index contributed by atoms with van der Waals surface area (Å²) in [5.41, 5.74) is 0.299. The first-order chi connectivity index (χ1) is 11.2. The van der Waals surface area contributed by atoms with Crippen LogP contribution in [0, 0.1) is 0 Å². The SMILES string of the molecule is O=C1NC(c2ccccc2)(c2ccccc2)C(=O)N1CCNS. The summed E-state index contributed by atoms with van der Waals surface area (Å²) in [6, 6.07) is 18.2. The molecule has 3 rings (SSSR count). The minimum absolute atomic E-state index is 0.260. The zero-order chi connectivity index (χ0) is 16.3. The van der Waals surface area contributed by atoms with Gasteiger partial charge >= 0.3 is 6.03 Å². The van der Waals surface area contributed by atoms with Crippen LogP contribution in [0.25, 0.3) is 0 Å². The highest BCUT2D eigenvalue weighted by Gasteiger charge is 2.53. The van der Waals surface area contributed by atoms with Gasteiger partial charge in [-0.05, 0) is 11.1 Å². The van der Waals surface area contributed by atoms with Crippen molar-refractivity contribution in [3.63, 3.8) is 0 Å². The lowest BCUT2D eigenvalue weighted by molar-refractivity contribution is -0.130. The van der Waals surface area contributed by atoms with E-state index in [0.29, 0.717) is 6.54 Å². The van der Waals surface area contributed by atoms with Crippen molar-refractivity contribution in [3.05, 3.63) is 71.8 Å². The zero-order valence-corrected chi connectivity index (χ0v) is 13.3. The van der Waals surface area contributed by atoms with Crippen LogP contribution < -0.4 is 10.0 Å². The molecule has 0 radical (unpaired) electrons. The maximum atomic E-state index is 13.1. The molecule has 0 unspecified atom stereocenters. The normalized spacial score (nSPS) is 16.5. The molecule has 1 fully saturated rings. The summed E-state index contributed by atoms with van der Waals surface area (Å²) < 4.78 is 2.66. The van der Waals surface area contributed by atoms with Gasteiger partial charge in [0.25, 0.3) is 5.91 Å². The largest absolute Gasteiger partial charge is 0.325 e. The molecule has 1 heterocycles. The van der Waals surface area contributed by atoms with E-state index in [1.807, 2.05) is 60.7 Å². The molecule has 0 aliphatic carbocycles. The van der Waals surface area contributed by atoms with Gasteiger partial charge in [-0.15, -0.1) is 0 Å². The Bertz CT molecular complexity index is 667. The Balaban J connectivity index is 2.12. The predicted molar refractivity (Wildman–Crippen MR) is 90.9 cm³/mol. The summed E-state index contributed by atoms with van der Waals surface area (Å²) in [4.78, 5) is 26.8. The first-order valence-electron chi connectivity index (χ1n) is 7.32. The molecule has 1 aliphatic heterocycles. The van der Waals surface area contributed by atoms with Crippen LogP contribution >= 0.6 is 12.8 Å². The van der Waals surface area contributed by atoms with Crippen LogP contribution in [-0.4, -0.2) is 29.9 Å². The zero-order valence-electron chi connectivity index (χ0n) is 12.4. The quantitative estimate of drug-likeness (QED) is 0.581. The molecule has 118 valence electrons. The number of imide groups is 1. The van der Waals surface area contributed by atoms with Gasteiger partial charge in [-0.2, -0.15) is 0 Å². The van der Waals surface area contributed by atoms with Gasteiger partial charge in [-0.25, -0.2) is 4.79 Å². The molecular formula is C17H17N3O2S. The van der Waals surface area contributed by atoms with Crippen molar-refractivity contribution in [3.8, 4) is 0 Å². The van der Waals surface area contributed by atoms with Crippen molar-refractivity contribution in [2.75, 3.05) is 13.1 Å². The fourth-order valence-electron chi connectivity index (χ4n) is 2.88. The smallest absolute Gasteiger partial charge is 0.315 e. The molecular weight excluding hydrogens is 310 g/mol. The Morgan fingerprint density at radius 1 is 0.957 bits per heavy atom. The van der Waals surface area contributed by atoms with E-state index in [0.717, 1.165) is 11.1 Å². The molecule has 2 N–H and O–H groups in total. The maximum absolute atomic E-state index is 13.1. The van der Waals surface area contributed by atoms with Crippen molar-refractivity contribution in [2.45, 2.75) is 5.54 Å². The highest BCUT2D eigenvalue weighted by atomic mass is 32.1. The molecule has 1 aliphatic rings. The standard InChI is InChI=1S/C17H17N3O2S/c21-15-17(13-7-3-1-4-8-13,14-9-5-2-6-10-14)19-16(22)20(15)12-11-18-23/h1-10,18,23H,11-12H2,(H,19,22). The Hall–Kier alpha value is -2.31. The van der Waals surface area contributed by atoms with Crippen LogP contribution in [0.1, 0.15) is 11.1 Å². The van der Waals surface area contributed by atoms with Gasteiger partial charge < -0.3 is 5.32 Å². The number of nitrogens with one attached hydrogen (secondary N) is 2. The predicted octanol–water partition coefficient (Wildman–Crippen LogP) is 1.92. The second-order valence-electron chi connectivity index (χ2n) is 5.28. The monoisotopic (exact) mass is 327 g/mol. The second-order valence-corrected chi connectivity index (χ2v) is 5.59. The Labute approximate surface area is 140 Å². The average Bonchev–Trinajstić information content (AvgIpc) is 2.86. The number of amides is 3. The van der Waals surface area contributed by atoms with Gasteiger partial charge in [0.1, 0.15) is 0 Å². The molecule has 0 spiro atoms. The molecule has 0 atom stereocenters. The van der Waals surface area contributed by atoms with Crippen LogP contribution in [0.4, 0.5) is 4.79 Å². The third kappa shape index (κ3) is 2.60. The van der Waals surface area contributed by atoms with E-state index in [9.17, 15) is 9.59 Å². The maximum Gasteiger partial charge on any atom is 0.325 e. The molecule has 1 saturated heterocycles. The van der Waals surface area contributed by atoms with Gasteiger partial charge in [0, 0.05) is 13.1 Å². The van der Waals surface area contributed by atoms with E-state index in [2.05, 4.69) is 22.9 Å². The van der Waals surface area contributed by atoms with Gasteiger partial charge in [0.2, 0.25) is 0 Å². The lowest BCUT2D eigenvalue weighted by atomic mass is 9.82. The molecule has 3 amide bonds. The molecule has 23 heavy (non-hydrogen) atoms. The average molecular weight is 327 g/mol. The Kier molecular flexibility index (Phi) is 4.36. The number of carbonyl (C=O) groups excluding carboxylic acids is 2. The number of thiol groups is 1. The van der Waals surface area contributed by atoms with Gasteiger partial charge in [-0.1, -0.05) is 73.5 Å². The first kappa shape index (κ1) is 15.6. The summed E-state index contributed by atoms with van der Waals surface area (Å²) in [5.74, 6) is -0.275. The molecule has 6 heteroatoms. The minimum Gasteiger partial charge on any atom is -0.315 e. The van der Waals surface area contributed by atoms with Crippen LogP contribution in [0.15, 0.2) is 60.7 Å². The van der Waals surface area contributed by atoms with Gasteiger partial charge in [-0.3, -0.25) is 14.4 Å². The third-order valence-electron chi connectivity index (χ3n) is 3.97. The lowest BCUT2D eigenvalue weighted by Gasteiger charge is -2.28. The van der Waals surface area contributed by atoms with Crippen LogP contribution in [-0.2, 0) is 10.3 Å².